The van der Waals surface area contributed by atoms with Gasteiger partial charge >= 0.3 is 0 Å². The number of methoxy groups -OCH3 is 1. The van der Waals surface area contributed by atoms with Crippen LogP contribution in [0.25, 0.3) is 0 Å². The number of hydrogen-bond acceptors (Lipinski definition) is 3. The summed E-state index contributed by atoms with van der Waals surface area (Å²) in [5, 5.41) is 0. The number of hydrogen-bond donors (Lipinski definition) is 0. The summed E-state index contributed by atoms with van der Waals surface area (Å²) in [6.45, 7) is 6.60. The van der Waals surface area contributed by atoms with Crippen LogP contribution in [0.2, 0.25) is 0 Å². The van der Waals surface area contributed by atoms with E-state index in [4.69, 9.17) is 4.74 Å². The van der Waals surface area contributed by atoms with Crippen molar-refractivity contribution in [1.82, 2.24) is 9.80 Å². The molecule has 1 aliphatic heterocycles. The summed E-state index contributed by atoms with van der Waals surface area (Å²) in [5.74, 6) is 1.11. The number of para-hydroxylation sites is 1. The molecule has 4 heteroatoms. The Labute approximate surface area is 156 Å². The topological polar surface area (TPSA) is 32.8 Å². The summed E-state index contributed by atoms with van der Waals surface area (Å²) < 4.78 is 5.37. The lowest BCUT2D eigenvalue weighted by atomic mass is 10.1. The monoisotopic (exact) mass is 352 g/mol. The van der Waals surface area contributed by atoms with Crippen molar-refractivity contribution >= 4 is 5.91 Å². The van der Waals surface area contributed by atoms with Crippen LogP contribution in [-0.2, 0) is 17.8 Å². The minimum absolute atomic E-state index is 0.242. The Morgan fingerprint density at radius 3 is 2.54 bits per heavy atom. The number of rotatable bonds is 6. The highest BCUT2D eigenvalue weighted by molar-refractivity contribution is 5.76. The molecular formula is C22H28N2O2. The smallest absolute Gasteiger partial charge is 0.222 e. The average molecular weight is 352 g/mol. The maximum absolute atomic E-state index is 12.5. The molecule has 0 atom stereocenters. The van der Waals surface area contributed by atoms with E-state index in [0.29, 0.717) is 6.42 Å². The molecule has 0 bridgehead atoms. The minimum atomic E-state index is 0.242. The van der Waals surface area contributed by atoms with Gasteiger partial charge in [0.1, 0.15) is 5.75 Å². The van der Waals surface area contributed by atoms with E-state index in [2.05, 4.69) is 36.1 Å². The van der Waals surface area contributed by atoms with Crippen LogP contribution < -0.4 is 4.74 Å². The highest BCUT2D eigenvalue weighted by atomic mass is 16.5. The van der Waals surface area contributed by atoms with E-state index in [0.717, 1.165) is 50.5 Å². The number of benzene rings is 2. The van der Waals surface area contributed by atoms with Crippen molar-refractivity contribution in [2.75, 3.05) is 33.3 Å². The van der Waals surface area contributed by atoms with Crippen molar-refractivity contribution in [3.63, 3.8) is 0 Å². The molecule has 1 aliphatic rings. The van der Waals surface area contributed by atoms with Crippen molar-refractivity contribution in [2.24, 2.45) is 0 Å². The molecule has 1 amide bonds. The molecule has 0 unspecified atom stereocenters. The van der Waals surface area contributed by atoms with Gasteiger partial charge in [0.2, 0.25) is 5.91 Å². The summed E-state index contributed by atoms with van der Waals surface area (Å²) in [4.78, 5) is 17.0. The van der Waals surface area contributed by atoms with Gasteiger partial charge in [0.15, 0.2) is 0 Å². The van der Waals surface area contributed by atoms with Crippen LogP contribution in [-0.4, -0.2) is 49.0 Å². The maximum Gasteiger partial charge on any atom is 0.222 e. The molecule has 3 rings (SSSR count). The molecule has 0 aliphatic carbocycles. The molecule has 138 valence electrons. The average Bonchev–Trinajstić information content (AvgIpc) is 2.67. The first kappa shape index (κ1) is 18.5. The molecule has 0 aromatic heterocycles. The second-order valence-corrected chi connectivity index (χ2v) is 6.96. The highest BCUT2D eigenvalue weighted by Crippen LogP contribution is 2.19. The number of carbonyl (C=O) groups excluding carboxylic acids is 1. The van der Waals surface area contributed by atoms with Gasteiger partial charge in [0.25, 0.3) is 0 Å². The summed E-state index contributed by atoms with van der Waals surface area (Å²) in [6, 6.07) is 16.6. The molecule has 0 spiro atoms. The van der Waals surface area contributed by atoms with Gasteiger partial charge < -0.3 is 9.64 Å². The fourth-order valence-corrected chi connectivity index (χ4v) is 3.53. The van der Waals surface area contributed by atoms with Gasteiger partial charge in [-0.25, -0.2) is 0 Å². The number of nitrogens with zero attached hydrogens (tertiary/aromatic N) is 2. The fourth-order valence-electron chi connectivity index (χ4n) is 3.53. The first-order chi connectivity index (χ1) is 12.7. The Morgan fingerprint density at radius 1 is 1.04 bits per heavy atom. The Bertz CT molecular complexity index is 736. The molecule has 1 heterocycles. The molecule has 26 heavy (non-hydrogen) atoms. The van der Waals surface area contributed by atoms with Gasteiger partial charge in [-0.05, 0) is 30.5 Å². The quantitative estimate of drug-likeness (QED) is 0.800. The molecule has 2 aromatic carbocycles. The van der Waals surface area contributed by atoms with Gasteiger partial charge in [-0.15, -0.1) is 0 Å². The predicted molar refractivity (Wildman–Crippen MR) is 104 cm³/mol. The number of piperazine rings is 1. The highest BCUT2D eigenvalue weighted by Gasteiger charge is 2.21. The summed E-state index contributed by atoms with van der Waals surface area (Å²) in [5.41, 5.74) is 3.75. The van der Waals surface area contributed by atoms with Crippen LogP contribution in [0.3, 0.4) is 0 Å². The van der Waals surface area contributed by atoms with Crippen LogP contribution in [0.4, 0.5) is 0 Å². The molecule has 4 nitrogen and oxygen atoms in total. The van der Waals surface area contributed by atoms with Crippen LogP contribution in [0, 0.1) is 6.92 Å². The lowest BCUT2D eigenvalue weighted by Gasteiger charge is -2.35. The Hall–Kier alpha value is -2.33. The molecule has 1 fully saturated rings. The van der Waals surface area contributed by atoms with Crippen LogP contribution in [0.5, 0.6) is 5.75 Å². The predicted octanol–water partition coefficient (Wildman–Crippen LogP) is 3.28. The van der Waals surface area contributed by atoms with Crippen molar-refractivity contribution in [3.05, 3.63) is 65.2 Å². The number of amides is 1. The summed E-state index contributed by atoms with van der Waals surface area (Å²) in [7, 11) is 1.67. The molecule has 2 aromatic rings. The summed E-state index contributed by atoms with van der Waals surface area (Å²) in [6.07, 6.45) is 1.27. The molecular weight excluding hydrogens is 324 g/mol. The SMILES string of the molecule is COc1ccccc1CCC(=O)N1CCN(Cc2cccc(C)c2)CC1. The number of carbonyl (C=O) groups is 1. The first-order valence-corrected chi connectivity index (χ1v) is 9.33. The minimum Gasteiger partial charge on any atom is -0.496 e. The molecule has 0 radical (unpaired) electrons. The second-order valence-electron chi connectivity index (χ2n) is 6.96. The van der Waals surface area contributed by atoms with Gasteiger partial charge in [-0.2, -0.15) is 0 Å². The van der Waals surface area contributed by atoms with Crippen LogP contribution >= 0.6 is 0 Å². The van der Waals surface area contributed by atoms with E-state index in [1.165, 1.54) is 11.1 Å². The molecule has 0 saturated carbocycles. The fraction of sp³-hybridized carbons (Fsp3) is 0.409. The normalized spacial score (nSPS) is 15.1. The Kier molecular flexibility index (Phi) is 6.29. The van der Waals surface area contributed by atoms with E-state index in [1.54, 1.807) is 7.11 Å². The summed E-state index contributed by atoms with van der Waals surface area (Å²) >= 11 is 0. The van der Waals surface area contributed by atoms with Crippen molar-refractivity contribution in [3.8, 4) is 5.75 Å². The van der Waals surface area contributed by atoms with Crippen molar-refractivity contribution in [1.29, 1.82) is 0 Å². The standard InChI is InChI=1S/C22H28N2O2/c1-18-6-5-7-19(16-18)17-23-12-14-24(15-13-23)22(25)11-10-20-8-3-4-9-21(20)26-2/h3-9,16H,10-15,17H2,1-2H3. The van der Waals surface area contributed by atoms with Gasteiger partial charge in [-0.1, -0.05) is 48.0 Å². The van der Waals surface area contributed by atoms with Crippen molar-refractivity contribution in [2.45, 2.75) is 26.3 Å². The maximum atomic E-state index is 12.5. The van der Waals surface area contributed by atoms with E-state index in [-0.39, 0.29) is 5.91 Å². The van der Waals surface area contributed by atoms with E-state index in [1.807, 2.05) is 29.2 Å². The molecule has 0 N–H and O–H groups in total. The Balaban J connectivity index is 1.46. The zero-order valence-electron chi connectivity index (χ0n) is 15.8. The third kappa shape index (κ3) is 4.85. The Morgan fingerprint density at radius 2 is 1.81 bits per heavy atom. The zero-order chi connectivity index (χ0) is 18.4. The third-order valence-electron chi connectivity index (χ3n) is 5.01. The van der Waals surface area contributed by atoms with Crippen LogP contribution in [0.15, 0.2) is 48.5 Å². The zero-order valence-corrected chi connectivity index (χ0v) is 15.8. The third-order valence-corrected chi connectivity index (χ3v) is 5.01. The lowest BCUT2D eigenvalue weighted by Crippen LogP contribution is -2.48. The van der Waals surface area contributed by atoms with Gasteiger partial charge in [0, 0.05) is 39.1 Å². The second kappa shape index (κ2) is 8.86. The lowest BCUT2D eigenvalue weighted by molar-refractivity contribution is -0.133. The van der Waals surface area contributed by atoms with Crippen molar-refractivity contribution < 1.29 is 9.53 Å². The van der Waals surface area contributed by atoms with Gasteiger partial charge in [0.05, 0.1) is 7.11 Å². The number of ether oxygens (including phenoxy) is 1. The van der Waals surface area contributed by atoms with E-state index >= 15 is 0 Å². The van der Waals surface area contributed by atoms with E-state index < -0.39 is 0 Å². The van der Waals surface area contributed by atoms with E-state index in [9.17, 15) is 4.79 Å². The largest absolute Gasteiger partial charge is 0.496 e. The first-order valence-electron chi connectivity index (χ1n) is 9.33. The molecule has 1 saturated heterocycles. The number of aryl methyl sites for hydroxylation is 2. The van der Waals surface area contributed by atoms with Crippen LogP contribution in [0.1, 0.15) is 23.1 Å². The van der Waals surface area contributed by atoms with Gasteiger partial charge in [-0.3, -0.25) is 9.69 Å².